The summed E-state index contributed by atoms with van der Waals surface area (Å²) in [5, 5.41) is 3.38. The Morgan fingerprint density at radius 3 is 2.65 bits per heavy atom. The molecule has 6 heteroatoms. The number of hydrogen-bond acceptors (Lipinski definition) is 4. The highest BCUT2D eigenvalue weighted by molar-refractivity contribution is 7.98. The second-order valence-electron chi connectivity index (χ2n) is 5.60. The van der Waals surface area contributed by atoms with E-state index in [1.54, 1.807) is 17.8 Å². The van der Waals surface area contributed by atoms with E-state index in [1.165, 1.54) is 0 Å². The van der Waals surface area contributed by atoms with Gasteiger partial charge in [0.25, 0.3) is 5.91 Å². The molecule has 2 aromatic carbocycles. The van der Waals surface area contributed by atoms with Gasteiger partial charge in [-0.05, 0) is 42.5 Å². The molecule has 0 bridgehead atoms. The van der Waals surface area contributed by atoms with E-state index in [2.05, 4.69) is 5.32 Å². The van der Waals surface area contributed by atoms with Crippen LogP contribution in [0, 0.1) is 0 Å². The van der Waals surface area contributed by atoms with E-state index < -0.39 is 0 Å². The molecular weight excluding hydrogens is 370 g/mol. The number of carbonyl (C=O) groups is 1. The molecule has 1 amide bonds. The van der Waals surface area contributed by atoms with Gasteiger partial charge in [0.05, 0.1) is 30.4 Å². The fourth-order valence-electron chi connectivity index (χ4n) is 2.36. The number of rotatable bonds is 10. The summed E-state index contributed by atoms with van der Waals surface area (Å²) in [5.74, 6) is -0.177. The van der Waals surface area contributed by atoms with E-state index in [4.69, 9.17) is 21.1 Å². The molecule has 2 aromatic rings. The molecule has 0 aromatic heterocycles. The van der Waals surface area contributed by atoms with Crippen molar-refractivity contribution in [1.82, 2.24) is 5.32 Å². The third-order valence-electron chi connectivity index (χ3n) is 3.71. The molecule has 140 valence electrons. The zero-order valence-electron chi connectivity index (χ0n) is 15.1. The number of carbonyl (C=O) groups excluding carboxylic acids is 1. The molecular formula is C20H24ClNO3S. The van der Waals surface area contributed by atoms with Crippen LogP contribution in [-0.4, -0.2) is 32.0 Å². The maximum absolute atomic E-state index is 12.4. The van der Waals surface area contributed by atoms with E-state index >= 15 is 0 Å². The molecule has 0 radical (unpaired) electrons. The maximum atomic E-state index is 12.4. The fourth-order valence-corrected chi connectivity index (χ4v) is 3.01. The predicted octanol–water partition coefficient (Wildman–Crippen LogP) is 4.55. The number of benzene rings is 2. The Balaban J connectivity index is 1.89. The van der Waals surface area contributed by atoms with Gasteiger partial charge in [-0.25, -0.2) is 0 Å². The van der Waals surface area contributed by atoms with Gasteiger partial charge in [0.2, 0.25) is 0 Å². The molecule has 0 fully saturated rings. The highest BCUT2D eigenvalue weighted by Gasteiger charge is 2.11. The first-order valence-corrected chi connectivity index (χ1v) is 10.1. The fraction of sp³-hybridized carbons (Fsp3) is 0.350. The van der Waals surface area contributed by atoms with Crippen LogP contribution in [0.4, 0.5) is 0 Å². The van der Waals surface area contributed by atoms with Gasteiger partial charge in [0.1, 0.15) is 0 Å². The molecule has 4 nitrogen and oxygen atoms in total. The molecule has 0 aliphatic heterocycles. The Hall–Kier alpha value is -1.53. The minimum Gasteiger partial charge on any atom is -0.379 e. The van der Waals surface area contributed by atoms with E-state index in [0.717, 1.165) is 16.0 Å². The number of nitrogens with one attached hydrogen (secondary N) is 1. The number of halogens is 1. The molecule has 0 unspecified atom stereocenters. The highest BCUT2D eigenvalue weighted by atomic mass is 35.5. The summed E-state index contributed by atoms with van der Waals surface area (Å²) < 4.78 is 10.8. The lowest BCUT2D eigenvalue weighted by molar-refractivity contribution is 0.0453. The Morgan fingerprint density at radius 2 is 1.88 bits per heavy atom. The third-order valence-corrected chi connectivity index (χ3v) is 4.76. The molecule has 0 saturated heterocycles. The van der Waals surface area contributed by atoms with E-state index in [9.17, 15) is 4.79 Å². The van der Waals surface area contributed by atoms with Crippen LogP contribution in [0.25, 0.3) is 0 Å². The Morgan fingerprint density at radius 1 is 1.12 bits per heavy atom. The minimum atomic E-state index is -0.177. The Bertz CT molecular complexity index is 724. The highest BCUT2D eigenvalue weighted by Crippen LogP contribution is 2.23. The second-order valence-corrected chi connectivity index (χ2v) is 6.88. The van der Waals surface area contributed by atoms with Gasteiger partial charge in [-0.2, -0.15) is 0 Å². The van der Waals surface area contributed by atoms with Gasteiger partial charge in [-0.3, -0.25) is 4.79 Å². The van der Waals surface area contributed by atoms with Crippen molar-refractivity contribution in [2.45, 2.75) is 25.0 Å². The summed E-state index contributed by atoms with van der Waals surface area (Å²) in [5.41, 5.74) is 2.57. The quantitative estimate of drug-likeness (QED) is 0.475. The predicted molar refractivity (Wildman–Crippen MR) is 107 cm³/mol. The molecule has 0 heterocycles. The first-order chi connectivity index (χ1) is 12.6. The van der Waals surface area contributed by atoms with Crippen LogP contribution in [0.3, 0.4) is 0 Å². The standard InChI is InChI=1S/C20H24ClNO3S/c1-3-24-9-10-25-14-16-6-4-5-15(11-16)13-22-20(23)18-12-17(26-2)7-8-19(18)21/h4-8,11-12H,3,9-10,13-14H2,1-2H3,(H,22,23). The second kappa shape index (κ2) is 11.2. The molecule has 0 atom stereocenters. The summed E-state index contributed by atoms with van der Waals surface area (Å²) in [4.78, 5) is 13.4. The van der Waals surface area contributed by atoms with E-state index in [1.807, 2.05) is 49.6 Å². The van der Waals surface area contributed by atoms with Crippen molar-refractivity contribution in [1.29, 1.82) is 0 Å². The average Bonchev–Trinajstić information content (AvgIpc) is 2.66. The van der Waals surface area contributed by atoms with Crippen LogP contribution < -0.4 is 5.32 Å². The van der Waals surface area contributed by atoms with Gasteiger partial charge in [0, 0.05) is 18.0 Å². The Kier molecular flexibility index (Phi) is 8.98. The smallest absolute Gasteiger partial charge is 0.253 e. The molecule has 1 N–H and O–H groups in total. The first kappa shape index (κ1) is 20.8. The molecule has 0 saturated carbocycles. The molecule has 2 rings (SSSR count). The lowest BCUT2D eigenvalue weighted by Gasteiger charge is -2.10. The number of ether oxygens (including phenoxy) is 2. The van der Waals surface area contributed by atoms with Gasteiger partial charge in [-0.1, -0.05) is 35.9 Å². The maximum Gasteiger partial charge on any atom is 0.253 e. The molecule has 0 aliphatic rings. The number of hydrogen-bond donors (Lipinski definition) is 1. The topological polar surface area (TPSA) is 47.6 Å². The normalized spacial score (nSPS) is 10.7. The zero-order valence-corrected chi connectivity index (χ0v) is 16.7. The molecule has 0 spiro atoms. The minimum absolute atomic E-state index is 0.177. The average molecular weight is 394 g/mol. The summed E-state index contributed by atoms with van der Waals surface area (Å²) >= 11 is 7.73. The largest absolute Gasteiger partial charge is 0.379 e. The van der Waals surface area contributed by atoms with Crippen LogP contribution in [0.1, 0.15) is 28.4 Å². The van der Waals surface area contributed by atoms with Crippen molar-refractivity contribution >= 4 is 29.3 Å². The third kappa shape index (κ3) is 6.65. The van der Waals surface area contributed by atoms with Gasteiger partial charge >= 0.3 is 0 Å². The van der Waals surface area contributed by atoms with Crippen molar-refractivity contribution in [3.63, 3.8) is 0 Å². The van der Waals surface area contributed by atoms with E-state index in [-0.39, 0.29) is 5.91 Å². The van der Waals surface area contributed by atoms with Gasteiger partial charge < -0.3 is 14.8 Å². The van der Waals surface area contributed by atoms with Crippen LogP contribution in [-0.2, 0) is 22.6 Å². The van der Waals surface area contributed by atoms with Gasteiger partial charge in [0.15, 0.2) is 0 Å². The van der Waals surface area contributed by atoms with Crippen molar-refractivity contribution < 1.29 is 14.3 Å². The van der Waals surface area contributed by atoms with E-state index in [0.29, 0.717) is 43.6 Å². The van der Waals surface area contributed by atoms with Crippen molar-refractivity contribution in [2.24, 2.45) is 0 Å². The van der Waals surface area contributed by atoms with Crippen molar-refractivity contribution in [3.8, 4) is 0 Å². The number of thioether (sulfide) groups is 1. The SMILES string of the molecule is CCOCCOCc1cccc(CNC(=O)c2cc(SC)ccc2Cl)c1. The summed E-state index contributed by atoms with van der Waals surface area (Å²) in [6.45, 7) is 4.79. The van der Waals surface area contributed by atoms with Crippen LogP contribution in [0.2, 0.25) is 5.02 Å². The lowest BCUT2D eigenvalue weighted by Crippen LogP contribution is -2.23. The van der Waals surface area contributed by atoms with Crippen LogP contribution in [0.5, 0.6) is 0 Å². The first-order valence-electron chi connectivity index (χ1n) is 8.49. The Labute approximate surface area is 164 Å². The summed E-state index contributed by atoms with van der Waals surface area (Å²) in [7, 11) is 0. The van der Waals surface area contributed by atoms with Crippen LogP contribution >= 0.6 is 23.4 Å². The number of amides is 1. The van der Waals surface area contributed by atoms with Crippen molar-refractivity contribution in [3.05, 3.63) is 64.2 Å². The van der Waals surface area contributed by atoms with Gasteiger partial charge in [-0.15, -0.1) is 11.8 Å². The summed E-state index contributed by atoms with van der Waals surface area (Å²) in [6.07, 6.45) is 1.97. The van der Waals surface area contributed by atoms with Crippen molar-refractivity contribution in [2.75, 3.05) is 26.1 Å². The molecule has 26 heavy (non-hydrogen) atoms. The zero-order chi connectivity index (χ0) is 18.8. The molecule has 0 aliphatic carbocycles. The summed E-state index contributed by atoms with van der Waals surface area (Å²) in [6, 6.07) is 13.4. The monoisotopic (exact) mass is 393 g/mol. The lowest BCUT2D eigenvalue weighted by atomic mass is 10.1. The van der Waals surface area contributed by atoms with Crippen LogP contribution in [0.15, 0.2) is 47.4 Å².